The molecule has 0 bridgehead atoms. The average molecular weight is 576 g/mol. The highest BCUT2D eigenvalue weighted by atomic mass is 127. The highest BCUT2D eigenvalue weighted by molar-refractivity contribution is 14.0. The van der Waals surface area contributed by atoms with Crippen molar-refractivity contribution in [1.82, 2.24) is 20.3 Å². The van der Waals surface area contributed by atoms with Crippen LogP contribution in [0.3, 0.4) is 0 Å². The normalized spacial score (nSPS) is 18.6. The zero-order valence-electron chi connectivity index (χ0n) is 17.8. The van der Waals surface area contributed by atoms with E-state index in [2.05, 4.69) is 25.2 Å². The summed E-state index contributed by atoms with van der Waals surface area (Å²) < 4.78 is 38.8. The molecule has 3 N–H and O–H groups in total. The van der Waals surface area contributed by atoms with E-state index in [0.29, 0.717) is 24.1 Å². The molecule has 1 aromatic rings. The number of aliphatic imine (C=N–C) groups is 1. The smallest absolute Gasteiger partial charge is 0.209 e. The first-order chi connectivity index (χ1) is 13.5. The molecule has 11 heteroatoms. The number of hydrogen-bond donors (Lipinski definition) is 3. The van der Waals surface area contributed by atoms with Crippen molar-refractivity contribution in [3.63, 3.8) is 0 Å². The highest BCUT2D eigenvalue weighted by Gasteiger charge is 2.24. The Morgan fingerprint density at radius 1 is 1.40 bits per heavy atom. The number of halogens is 3. The molecule has 1 aromatic carbocycles. The van der Waals surface area contributed by atoms with E-state index in [1.807, 2.05) is 13.8 Å². The number of hydrogen-bond acceptors (Lipinski definition) is 4. The van der Waals surface area contributed by atoms with Gasteiger partial charge in [0.2, 0.25) is 10.0 Å². The standard InChI is InChI=1S/C19H31ClFN5O2S.HI/c1-19(2,25-29(4,27)28)13-23-18(22-3)24-16-6-5-9-26(12-16)11-14-7-8-15(21)10-17(14)20;/h7-8,10,16,25H,5-6,9,11-13H2,1-4H3,(H2,22,23,24);1H. The van der Waals surface area contributed by atoms with Crippen molar-refractivity contribution in [1.29, 1.82) is 0 Å². The molecule has 30 heavy (non-hydrogen) atoms. The van der Waals surface area contributed by atoms with Gasteiger partial charge < -0.3 is 10.6 Å². The van der Waals surface area contributed by atoms with Crippen molar-refractivity contribution in [2.24, 2.45) is 4.99 Å². The molecule has 1 saturated heterocycles. The van der Waals surface area contributed by atoms with Gasteiger partial charge in [-0.1, -0.05) is 17.7 Å². The number of sulfonamides is 1. The summed E-state index contributed by atoms with van der Waals surface area (Å²) in [5, 5.41) is 7.04. The van der Waals surface area contributed by atoms with Gasteiger partial charge in [0, 0.05) is 43.3 Å². The van der Waals surface area contributed by atoms with Crippen molar-refractivity contribution >= 4 is 51.6 Å². The Morgan fingerprint density at radius 3 is 2.70 bits per heavy atom. The molecule has 1 fully saturated rings. The third-order valence-electron chi connectivity index (χ3n) is 4.64. The van der Waals surface area contributed by atoms with Crippen LogP contribution in [0.5, 0.6) is 0 Å². The van der Waals surface area contributed by atoms with Gasteiger partial charge in [-0.3, -0.25) is 9.89 Å². The quantitative estimate of drug-likeness (QED) is 0.264. The van der Waals surface area contributed by atoms with Crippen molar-refractivity contribution < 1.29 is 12.8 Å². The summed E-state index contributed by atoms with van der Waals surface area (Å²) in [6, 6.07) is 4.69. The molecule has 1 unspecified atom stereocenters. The topological polar surface area (TPSA) is 85.8 Å². The summed E-state index contributed by atoms with van der Waals surface area (Å²) in [4.78, 5) is 6.53. The Kier molecular flexibility index (Phi) is 10.8. The lowest BCUT2D eigenvalue weighted by atomic mass is 10.0. The predicted molar refractivity (Wildman–Crippen MR) is 132 cm³/mol. The predicted octanol–water partition coefficient (Wildman–Crippen LogP) is 2.55. The van der Waals surface area contributed by atoms with Crippen LogP contribution in [-0.4, -0.2) is 63.8 Å². The molecule has 0 aliphatic carbocycles. The van der Waals surface area contributed by atoms with Gasteiger partial charge in [0.1, 0.15) is 5.82 Å². The first kappa shape index (κ1) is 27.3. The zero-order chi connectivity index (χ0) is 21.7. The minimum atomic E-state index is -3.30. The molecule has 2 rings (SSSR count). The number of nitrogens with one attached hydrogen (secondary N) is 3. The largest absolute Gasteiger partial charge is 0.355 e. The average Bonchev–Trinajstić information content (AvgIpc) is 2.59. The highest BCUT2D eigenvalue weighted by Crippen LogP contribution is 2.21. The molecule has 0 radical (unpaired) electrons. The molecule has 1 heterocycles. The van der Waals surface area contributed by atoms with Gasteiger partial charge in [-0.2, -0.15) is 0 Å². The molecule has 7 nitrogen and oxygen atoms in total. The van der Waals surface area contributed by atoms with E-state index in [4.69, 9.17) is 11.6 Å². The van der Waals surface area contributed by atoms with Crippen LogP contribution < -0.4 is 15.4 Å². The summed E-state index contributed by atoms with van der Waals surface area (Å²) in [6.45, 7) is 6.42. The Morgan fingerprint density at radius 2 is 2.10 bits per heavy atom. The second-order valence-corrected chi connectivity index (χ2v) is 10.3. The van der Waals surface area contributed by atoms with E-state index in [9.17, 15) is 12.8 Å². The van der Waals surface area contributed by atoms with Crippen molar-refractivity contribution in [3.05, 3.63) is 34.6 Å². The number of nitrogens with zero attached hydrogens (tertiary/aromatic N) is 2. The number of piperidine rings is 1. The number of rotatable bonds is 7. The third-order valence-corrected chi connectivity index (χ3v) is 5.91. The van der Waals surface area contributed by atoms with Crippen molar-refractivity contribution in [2.75, 3.05) is 32.9 Å². The van der Waals surface area contributed by atoms with Gasteiger partial charge in [0.15, 0.2) is 5.96 Å². The van der Waals surface area contributed by atoms with Crippen molar-refractivity contribution in [3.8, 4) is 0 Å². The molecule has 0 spiro atoms. The summed E-state index contributed by atoms with van der Waals surface area (Å²) in [6.07, 6.45) is 3.17. The minimum absolute atomic E-state index is 0. The number of likely N-dealkylation sites (tertiary alicyclic amines) is 1. The Bertz CT molecular complexity index is 838. The molecular formula is C19H32ClFIN5O2S. The Labute approximate surface area is 201 Å². The summed E-state index contributed by atoms with van der Waals surface area (Å²) in [7, 11) is -1.61. The lowest BCUT2D eigenvalue weighted by Gasteiger charge is -2.34. The Balaban J connectivity index is 0.00000450. The number of benzene rings is 1. The van der Waals surface area contributed by atoms with Crippen LogP contribution in [0.4, 0.5) is 4.39 Å². The van der Waals surface area contributed by atoms with Crippen LogP contribution in [0.25, 0.3) is 0 Å². The van der Waals surface area contributed by atoms with E-state index < -0.39 is 15.6 Å². The maximum Gasteiger partial charge on any atom is 0.209 e. The van der Waals surface area contributed by atoms with E-state index >= 15 is 0 Å². The third kappa shape index (κ3) is 9.63. The molecule has 0 amide bonds. The Hall–Kier alpha value is -0.690. The van der Waals surface area contributed by atoms with E-state index in [1.165, 1.54) is 12.1 Å². The number of guanidine groups is 1. The maximum atomic E-state index is 13.3. The lowest BCUT2D eigenvalue weighted by Crippen LogP contribution is -2.56. The molecule has 1 atom stereocenters. The summed E-state index contributed by atoms with van der Waals surface area (Å²) >= 11 is 6.16. The fraction of sp³-hybridized carbons (Fsp3) is 0.632. The summed E-state index contributed by atoms with van der Waals surface area (Å²) in [5.41, 5.74) is 0.258. The lowest BCUT2D eigenvalue weighted by molar-refractivity contribution is 0.192. The van der Waals surface area contributed by atoms with Crippen LogP contribution in [0.15, 0.2) is 23.2 Å². The monoisotopic (exact) mass is 575 g/mol. The second-order valence-electron chi connectivity index (χ2n) is 8.14. The van der Waals surface area contributed by atoms with Crippen LogP contribution in [0, 0.1) is 5.82 Å². The molecule has 1 aliphatic rings. The maximum absolute atomic E-state index is 13.3. The van der Waals surface area contributed by atoms with Gasteiger partial charge in [-0.15, -0.1) is 24.0 Å². The minimum Gasteiger partial charge on any atom is -0.355 e. The van der Waals surface area contributed by atoms with Gasteiger partial charge in [-0.05, 0) is 50.9 Å². The van der Waals surface area contributed by atoms with Crippen LogP contribution in [0.2, 0.25) is 5.02 Å². The van der Waals surface area contributed by atoms with Crippen LogP contribution in [-0.2, 0) is 16.6 Å². The van der Waals surface area contributed by atoms with E-state index in [1.54, 1.807) is 13.1 Å². The zero-order valence-corrected chi connectivity index (χ0v) is 21.7. The fourth-order valence-corrected chi connectivity index (χ4v) is 4.74. The van der Waals surface area contributed by atoms with Gasteiger partial charge in [-0.25, -0.2) is 17.5 Å². The van der Waals surface area contributed by atoms with E-state index in [0.717, 1.165) is 37.8 Å². The second kappa shape index (κ2) is 11.8. The first-order valence-electron chi connectivity index (χ1n) is 9.60. The van der Waals surface area contributed by atoms with Gasteiger partial charge >= 0.3 is 0 Å². The molecule has 1 aliphatic heterocycles. The molecule has 172 valence electrons. The fourth-order valence-electron chi connectivity index (χ4n) is 3.44. The molecule has 0 saturated carbocycles. The van der Waals surface area contributed by atoms with Crippen molar-refractivity contribution in [2.45, 2.75) is 44.8 Å². The summed E-state index contributed by atoms with van der Waals surface area (Å²) in [5.74, 6) is 0.292. The first-order valence-corrected chi connectivity index (χ1v) is 11.9. The van der Waals surface area contributed by atoms with Crippen LogP contribution in [0.1, 0.15) is 32.3 Å². The molecule has 0 aromatic heterocycles. The van der Waals surface area contributed by atoms with Gasteiger partial charge in [0.25, 0.3) is 0 Å². The molecular weight excluding hydrogens is 544 g/mol. The van der Waals surface area contributed by atoms with Crippen LogP contribution >= 0.6 is 35.6 Å². The SMILES string of the molecule is CN=C(NCC(C)(C)NS(C)(=O)=O)NC1CCCN(Cc2ccc(F)cc2Cl)C1.I. The van der Waals surface area contributed by atoms with Gasteiger partial charge in [0.05, 0.1) is 6.26 Å². The van der Waals surface area contributed by atoms with E-state index in [-0.39, 0.29) is 35.8 Å².